The second-order valence-electron chi connectivity index (χ2n) is 5.38. The summed E-state index contributed by atoms with van der Waals surface area (Å²) in [5.41, 5.74) is 0. The highest BCUT2D eigenvalue weighted by atomic mass is 32.1. The van der Waals surface area contributed by atoms with Gasteiger partial charge in [0.15, 0.2) is 0 Å². The van der Waals surface area contributed by atoms with E-state index in [9.17, 15) is 14.4 Å². The van der Waals surface area contributed by atoms with E-state index in [1.807, 2.05) is 17.5 Å². The zero-order valence-corrected chi connectivity index (χ0v) is 12.9. The molecule has 2 aliphatic heterocycles. The van der Waals surface area contributed by atoms with Crippen molar-refractivity contribution in [2.75, 3.05) is 19.6 Å². The molecule has 7 nitrogen and oxygen atoms in total. The molecule has 3 rings (SSSR count). The van der Waals surface area contributed by atoms with Crippen molar-refractivity contribution in [1.82, 2.24) is 20.4 Å². The molecule has 118 valence electrons. The lowest BCUT2D eigenvalue weighted by Crippen LogP contribution is -2.51. The van der Waals surface area contributed by atoms with Crippen molar-refractivity contribution in [1.29, 1.82) is 0 Å². The lowest BCUT2D eigenvalue weighted by molar-refractivity contribution is -0.127. The minimum absolute atomic E-state index is 0.0837. The molecule has 0 atom stereocenters. The van der Waals surface area contributed by atoms with Crippen LogP contribution in [0, 0.1) is 0 Å². The maximum atomic E-state index is 12.1. The maximum Gasteiger partial charge on any atom is 0.324 e. The van der Waals surface area contributed by atoms with E-state index in [2.05, 4.69) is 10.6 Å². The molecule has 0 bridgehead atoms. The fourth-order valence-electron chi connectivity index (χ4n) is 2.82. The van der Waals surface area contributed by atoms with E-state index in [1.54, 1.807) is 16.2 Å². The molecule has 2 fully saturated rings. The predicted molar refractivity (Wildman–Crippen MR) is 81.4 cm³/mol. The van der Waals surface area contributed by atoms with Crippen LogP contribution in [0.5, 0.6) is 0 Å². The van der Waals surface area contributed by atoms with Gasteiger partial charge >= 0.3 is 12.1 Å². The number of piperidine rings is 1. The van der Waals surface area contributed by atoms with Crippen molar-refractivity contribution >= 4 is 29.3 Å². The zero-order chi connectivity index (χ0) is 15.5. The summed E-state index contributed by atoms with van der Waals surface area (Å²) >= 11 is 1.61. The fraction of sp³-hybridized carbons (Fsp3) is 0.500. The molecular formula is C14H18N4O3S. The van der Waals surface area contributed by atoms with Gasteiger partial charge in [0.2, 0.25) is 5.91 Å². The van der Waals surface area contributed by atoms with Gasteiger partial charge in [-0.05, 0) is 24.3 Å². The lowest BCUT2D eigenvalue weighted by atomic mass is 10.0. The van der Waals surface area contributed by atoms with E-state index in [-0.39, 0.29) is 30.6 Å². The van der Waals surface area contributed by atoms with E-state index in [4.69, 9.17) is 0 Å². The molecule has 0 spiro atoms. The summed E-state index contributed by atoms with van der Waals surface area (Å²) in [5, 5.41) is 7.40. The number of urea groups is 2. The van der Waals surface area contributed by atoms with Crippen LogP contribution >= 0.6 is 11.3 Å². The Morgan fingerprint density at radius 2 is 2.14 bits per heavy atom. The first-order chi connectivity index (χ1) is 10.6. The first-order valence-corrected chi connectivity index (χ1v) is 8.18. The largest absolute Gasteiger partial charge is 0.333 e. The van der Waals surface area contributed by atoms with Gasteiger partial charge in [-0.15, -0.1) is 11.3 Å². The van der Waals surface area contributed by atoms with Crippen LogP contribution < -0.4 is 10.6 Å². The molecule has 8 heteroatoms. The summed E-state index contributed by atoms with van der Waals surface area (Å²) in [6.45, 7) is 1.72. The highest BCUT2D eigenvalue weighted by Gasteiger charge is 2.37. The van der Waals surface area contributed by atoms with Gasteiger partial charge in [-0.3, -0.25) is 9.69 Å². The number of amides is 5. The van der Waals surface area contributed by atoms with Gasteiger partial charge < -0.3 is 15.5 Å². The van der Waals surface area contributed by atoms with Gasteiger partial charge in [0.1, 0.15) is 0 Å². The van der Waals surface area contributed by atoms with Crippen LogP contribution in [0.15, 0.2) is 17.5 Å². The Morgan fingerprint density at radius 1 is 1.36 bits per heavy atom. The fourth-order valence-corrected chi connectivity index (χ4v) is 3.46. The second-order valence-corrected chi connectivity index (χ2v) is 6.41. The van der Waals surface area contributed by atoms with Crippen LogP contribution in [-0.2, 0) is 11.3 Å². The van der Waals surface area contributed by atoms with E-state index < -0.39 is 0 Å². The Bertz CT molecular complexity index is 551. The minimum Gasteiger partial charge on any atom is -0.333 e. The smallest absolute Gasteiger partial charge is 0.324 e. The molecule has 5 amide bonds. The molecular weight excluding hydrogens is 304 g/mol. The first-order valence-electron chi connectivity index (χ1n) is 7.30. The summed E-state index contributed by atoms with van der Waals surface area (Å²) in [4.78, 5) is 39.6. The number of nitrogens with zero attached hydrogens (tertiary/aromatic N) is 2. The third-order valence-corrected chi connectivity index (χ3v) is 4.87. The predicted octanol–water partition coefficient (Wildman–Crippen LogP) is 0.974. The number of likely N-dealkylation sites (tertiary alicyclic amines) is 1. The molecule has 1 aromatic heterocycles. The number of carbonyl (C=O) groups excluding carboxylic acids is 3. The Balaban J connectivity index is 1.48. The van der Waals surface area contributed by atoms with Crippen molar-refractivity contribution < 1.29 is 14.4 Å². The average Bonchev–Trinajstić information content (AvgIpc) is 3.15. The van der Waals surface area contributed by atoms with Crippen LogP contribution in [0.4, 0.5) is 9.59 Å². The summed E-state index contributed by atoms with van der Waals surface area (Å²) < 4.78 is 0. The molecule has 0 aromatic carbocycles. The maximum absolute atomic E-state index is 12.1. The van der Waals surface area contributed by atoms with Crippen molar-refractivity contribution in [3.63, 3.8) is 0 Å². The van der Waals surface area contributed by atoms with Crippen molar-refractivity contribution in [3.8, 4) is 0 Å². The summed E-state index contributed by atoms with van der Waals surface area (Å²) in [6.07, 6.45) is 1.26. The SMILES string of the molecule is O=C(NCc1cccs1)N1CCC(N2C(=O)CNC2=O)CC1. The van der Waals surface area contributed by atoms with Gasteiger partial charge in [-0.1, -0.05) is 6.07 Å². The molecule has 2 aliphatic rings. The summed E-state index contributed by atoms with van der Waals surface area (Å²) in [7, 11) is 0. The number of carbonyl (C=O) groups is 3. The number of hydrogen-bond donors (Lipinski definition) is 2. The normalized spacial score (nSPS) is 19.5. The quantitative estimate of drug-likeness (QED) is 0.814. The highest BCUT2D eigenvalue weighted by molar-refractivity contribution is 7.09. The lowest BCUT2D eigenvalue weighted by Gasteiger charge is -2.35. The van der Waals surface area contributed by atoms with Crippen molar-refractivity contribution in [2.45, 2.75) is 25.4 Å². The number of thiophene rings is 1. The number of imide groups is 1. The summed E-state index contributed by atoms with van der Waals surface area (Å²) in [6, 6.07) is 3.43. The Kier molecular flexibility index (Phi) is 4.28. The van der Waals surface area contributed by atoms with Gasteiger partial charge in [0, 0.05) is 24.0 Å². The topological polar surface area (TPSA) is 81.8 Å². The minimum atomic E-state index is -0.314. The molecule has 3 heterocycles. The molecule has 2 N–H and O–H groups in total. The van der Waals surface area contributed by atoms with Gasteiger partial charge in [0.25, 0.3) is 0 Å². The Hall–Kier alpha value is -2.09. The zero-order valence-electron chi connectivity index (χ0n) is 12.1. The van der Waals surface area contributed by atoms with Crippen molar-refractivity contribution in [2.24, 2.45) is 0 Å². The van der Waals surface area contributed by atoms with Crippen LogP contribution in [0.3, 0.4) is 0 Å². The molecule has 0 saturated carbocycles. The number of nitrogens with one attached hydrogen (secondary N) is 2. The molecule has 1 aromatic rings. The van der Waals surface area contributed by atoms with Gasteiger partial charge in [0.05, 0.1) is 13.1 Å². The van der Waals surface area contributed by atoms with Gasteiger partial charge in [-0.25, -0.2) is 9.59 Å². The molecule has 22 heavy (non-hydrogen) atoms. The van der Waals surface area contributed by atoms with Crippen LogP contribution in [-0.4, -0.2) is 53.4 Å². The first kappa shape index (κ1) is 14.8. The van der Waals surface area contributed by atoms with Crippen LogP contribution in [0.2, 0.25) is 0 Å². The Morgan fingerprint density at radius 3 is 2.73 bits per heavy atom. The molecule has 0 unspecified atom stereocenters. The second kappa shape index (κ2) is 6.35. The van der Waals surface area contributed by atoms with E-state index in [0.717, 1.165) is 4.88 Å². The Labute approximate surface area is 132 Å². The molecule has 0 radical (unpaired) electrons. The monoisotopic (exact) mass is 322 g/mol. The third kappa shape index (κ3) is 3.06. The molecule has 2 saturated heterocycles. The third-order valence-electron chi connectivity index (χ3n) is 3.99. The van der Waals surface area contributed by atoms with E-state index in [1.165, 1.54) is 4.90 Å². The standard InChI is InChI=1S/C14H18N4O3S/c19-12-9-16-14(21)18(12)10-3-5-17(6-4-10)13(20)15-8-11-2-1-7-22-11/h1-2,7,10H,3-6,8-9H2,(H,15,20)(H,16,21). The van der Waals surface area contributed by atoms with Crippen LogP contribution in [0.25, 0.3) is 0 Å². The van der Waals surface area contributed by atoms with Gasteiger partial charge in [-0.2, -0.15) is 0 Å². The number of rotatable bonds is 3. The molecule has 0 aliphatic carbocycles. The highest BCUT2D eigenvalue weighted by Crippen LogP contribution is 2.19. The average molecular weight is 322 g/mol. The van der Waals surface area contributed by atoms with E-state index in [0.29, 0.717) is 32.5 Å². The number of hydrogen-bond acceptors (Lipinski definition) is 4. The van der Waals surface area contributed by atoms with Crippen molar-refractivity contribution in [3.05, 3.63) is 22.4 Å². The van der Waals surface area contributed by atoms with E-state index >= 15 is 0 Å². The summed E-state index contributed by atoms with van der Waals surface area (Å²) in [5.74, 6) is -0.175. The van der Waals surface area contributed by atoms with Crippen LogP contribution in [0.1, 0.15) is 17.7 Å².